The number of carbonyl (C=O) groups is 1. The number of halogens is 1. The lowest BCUT2D eigenvalue weighted by molar-refractivity contribution is -0.116. The molecule has 1 aromatic carbocycles. The zero-order chi connectivity index (χ0) is 14.4. The molecule has 0 radical (unpaired) electrons. The van der Waals surface area contributed by atoms with Crippen molar-refractivity contribution >= 4 is 18.9 Å². The van der Waals surface area contributed by atoms with E-state index < -0.39 is 7.26 Å². The van der Waals surface area contributed by atoms with Crippen molar-refractivity contribution in [3.8, 4) is 0 Å². The third kappa shape index (κ3) is 2.53. The lowest BCUT2D eigenvalue weighted by Gasteiger charge is -2.24. The smallest absolute Gasteiger partial charge is 0.268 e. The summed E-state index contributed by atoms with van der Waals surface area (Å²) in [7, 11) is -1.23. The number of aryl methyl sites for hydroxylation is 2. The molecule has 0 heterocycles. The Morgan fingerprint density at radius 1 is 1.21 bits per heavy atom. The summed E-state index contributed by atoms with van der Waals surface area (Å²) in [5, 5.41) is 2.88. The Hall–Kier alpha value is -0.950. The van der Waals surface area contributed by atoms with Crippen molar-refractivity contribution in [2.75, 3.05) is 25.3 Å². The highest BCUT2D eigenvalue weighted by Gasteiger charge is 2.64. The summed E-state index contributed by atoms with van der Waals surface area (Å²) >= 11 is 0. The van der Waals surface area contributed by atoms with Crippen LogP contribution in [0, 0.1) is 19.7 Å². The Kier molecular flexibility index (Phi) is 3.47. The predicted octanol–water partition coefficient (Wildman–Crippen LogP) is 3.82. The second kappa shape index (κ2) is 4.56. The van der Waals surface area contributed by atoms with Gasteiger partial charge < -0.3 is 5.32 Å². The quantitative estimate of drug-likeness (QED) is 0.839. The summed E-state index contributed by atoms with van der Waals surface area (Å²) in [6, 6.07) is 2.93. The molecule has 2 rings (SSSR count). The molecule has 1 saturated carbocycles. The van der Waals surface area contributed by atoms with Crippen LogP contribution in [0.5, 0.6) is 0 Å². The molecule has 104 valence electrons. The first-order valence-electron chi connectivity index (χ1n) is 6.57. The van der Waals surface area contributed by atoms with Gasteiger partial charge in [0.1, 0.15) is 5.82 Å². The minimum absolute atomic E-state index is 0.117. The summed E-state index contributed by atoms with van der Waals surface area (Å²) < 4.78 is 13.3. The first-order valence-corrected chi connectivity index (χ1v) is 9.70. The largest absolute Gasteiger partial charge is 0.322 e. The van der Waals surface area contributed by atoms with Crippen LogP contribution in [0.4, 0.5) is 10.1 Å². The molecule has 1 fully saturated rings. The zero-order valence-corrected chi connectivity index (χ0v) is 13.2. The second-order valence-corrected chi connectivity index (χ2v) is 11.3. The van der Waals surface area contributed by atoms with Crippen LogP contribution >= 0.6 is 7.26 Å². The van der Waals surface area contributed by atoms with Gasteiger partial charge in [-0.25, -0.2) is 4.39 Å². The first-order chi connectivity index (χ1) is 8.67. The summed E-state index contributed by atoms with van der Waals surface area (Å²) in [5.74, 6) is -0.136. The molecule has 0 atom stereocenters. The minimum Gasteiger partial charge on any atom is -0.322 e. The number of carbonyl (C=O) groups excluding carboxylic acids is 1. The van der Waals surface area contributed by atoms with Crippen LogP contribution in [0.3, 0.4) is 0 Å². The van der Waals surface area contributed by atoms with Crippen LogP contribution in [-0.4, -0.2) is 31.1 Å². The van der Waals surface area contributed by atoms with Gasteiger partial charge in [0.25, 0.3) is 5.91 Å². The highest BCUT2D eigenvalue weighted by atomic mass is 31.2. The van der Waals surface area contributed by atoms with E-state index in [0.717, 1.165) is 29.7 Å². The molecule has 1 aliphatic rings. The maximum Gasteiger partial charge on any atom is 0.268 e. The molecular weight excluding hydrogens is 260 g/mol. The van der Waals surface area contributed by atoms with Gasteiger partial charge in [0.2, 0.25) is 0 Å². The molecule has 1 amide bonds. The lowest BCUT2D eigenvalue weighted by Crippen LogP contribution is -2.32. The number of hydrogen-bond donors (Lipinski definition) is 1. The monoisotopic (exact) mass is 282 g/mol. The Labute approximate surface area is 115 Å². The van der Waals surface area contributed by atoms with Crippen molar-refractivity contribution in [3.63, 3.8) is 0 Å². The van der Waals surface area contributed by atoms with E-state index in [-0.39, 0.29) is 16.9 Å². The number of amides is 1. The molecule has 4 heteroatoms. The second-order valence-electron chi connectivity index (χ2n) is 6.41. The fraction of sp³-hybridized carbons (Fsp3) is 0.533. The highest BCUT2D eigenvalue weighted by Crippen LogP contribution is 2.71. The molecule has 19 heavy (non-hydrogen) atoms. The van der Waals surface area contributed by atoms with Gasteiger partial charge in [-0.05, 0) is 37.1 Å². The summed E-state index contributed by atoms with van der Waals surface area (Å²) in [6.07, 6.45) is 1.96. The minimum atomic E-state index is -1.23. The van der Waals surface area contributed by atoms with Crippen molar-refractivity contribution in [2.24, 2.45) is 0 Å². The van der Waals surface area contributed by atoms with Crippen molar-refractivity contribution in [3.05, 3.63) is 29.1 Å². The van der Waals surface area contributed by atoms with E-state index in [1.54, 1.807) is 0 Å². The van der Waals surface area contributed by atoms with Crippen LogP contribution in [0.2, 0.25) is 0 Å². The number of anilines is 1. The van der Waals surface area contributed by atoms with Crippen molar-refractivity contribution in [1.29, 1.82) is 0 Å². The third-order valence-electron chi connectivity index (χ3n) is 4.17. The molecule has 0 bridgehead atoms. The summed E-state index contributed by atoms with van der Waals surface area (Å²) in [5.41, 5.74) is 2.34. The molecule has 0 saturated heterocycles. The van der Waals surface area contributed by atoms with E-state index in [9.17, 15) is 9.18 Å². The van der Waals surface area contributed by atoms with Crippen molar-refractivity contribution in [2.45, 2.75) is 31.8 Å². The molecule has 1 aliphatic carbocycles. The van der Waals surface area contributed by atoms with E-state index in [0.29, 0.717) is 0 Å². The van der Waals surface area contributed by atoms with Gasteiger partial charge in [-0.15, -0.1) is 0 Å². The van der Waals surface area contributed by atoms with E-state index in [1.807, 2.05) is 13.8 Å². The number of benzene rings is 1. The van der Waals surface area contributed by atoms with Gasteiger partial charge in [0.05, 0.1) is 0 Å². The normalized spacial score (nSPS) is 17.2. The average molecular weight is 282 g/mol. The van der Waals surface area contributed by atoms with Crippen LogP contribution in [-0.2, 0) is 4.79 Å². The van der Waals surface area contributed by atoms with Gasteiger partial charge in [-0.3, -0.25) is 4.79 Å². The van der Waals surface area contributed by atoms with Crippen molar-refractivity contribution < 1.29 is 9.18 Å². The molecule has 1 aromatic rings. The van der Waals surface area contributed by atoms with Gasteiger partial charge in [0, 0.05) is 45.8 Å². The van der Waals surface area contributed by atoms with Crippen LogP contribution < -0.4 is 5.32 Å². The fourth-order valence-corrected chi connectivity index (χ4v) is 4.78. The Morgan fingerprint density at radius 2 is 1.68 bits per heavy atom. The van der Waals surface area contributed by atoms with Crippen LogP contribution in [0.25, 0.3) is 0 Å². The van der Waals surface area contributed by atoms with E-state index in [4.69, 9.17) is 0 Å². The van der Waals surface area contributed by atoms with Crippen LogP contribution in [0.1, 0.15) is 24.0 Å². The van der Waals surface area contributed by atoms with Gasteiger partial charge >= 0.3 is 0 Å². The van der Waals surface area contributed by atoms with E-state index in [2.05, 4.69) is 25.3 Å². The number of hydrogen-bond acceptors (Lipinski definition) is 1. The Balaban J connectivity index is 2.26. The van der Waals surface area contributed by atoms with Gasteiger partial charge in [-0.1, -0.05) is 0 Å². The number of nitrogens with one attached hydrogen (secondary N) is 1. The maximum absolute atomic E-state index is 13.3. The molecule has 0 unspecified atom stereocenters. The fourth-order valence-electron chi connectivity index (χ4n) is 2.66. The molecule has 1 N–H and O–H groups in total. The highest BCUT2D eigenvalue weighted by molar-refractivity contribution is 7.76. The standard InChI is InChI=1S/C15H21FNOP/c1-10-8-12(16)9-11(2)13(10)17-14(18)15(6-7-15)19(3,4)5/h8-9H,6-7H2,1-5H3/p+1. The summed E-state index contributed by atoms with van der Waals surface area (Å²) in [4.78, 5) is 12.6. The van der Waals surface area contributed by atoms with Crippen molar-refractivity contribution in [1.82, 2.24) is 0 Å². The lowest BCUT2D eigenvalue weighted by atomic mass is 10.1. The average Bonchev–Trinajstić information content (AvgIpc) is 3.02. The maximum atomic E-state index is 13.3. The molecule has 0 aliphatic heterocycles. The molecule has 0 spiro atoms. The number of rotatable bonds is 3. The molecule has 2 nitrogen and oxygen atoms in total. The molecule has 0 aromatic heterocycles. The first kappa shape index (κ1) is 14.5. The topological polar surface area (TPSA) is 29.1 Å². The van der Waals surface area contributed by atoms with Gasteiger partial charge in [0.15, 0.2) is 5.16 Å². The third-order valence-corrected chi connectivity index (χ3v) is 7.38. The Morgan fingerprint density at radius 3 is 2.05 bits per heavy atom. The zero-order valence-electron chi connectivity index (χ0n) is 12.3. The predicted molar refractivity (Wildman–Crippen MR) is 81.2 cm³/mol. The SMILES string of the molecule is Cc1cc(F)cc(C)c1NC(=O)C1([P+](C)(C)C)CC1. The van der Waals surface area contributed by atoms with Crippen LogP contribution in [0.15, 0.2) is 12.1 Å². The van der Waals surface area contributed by atoms with E-state index in [1.165, 1.54) is 12.1 Å². The summed E-state index contributed by atoms with van der Waals surface area (Å²) in [6.45, 7) is 10.3. The molecular formula is C15H22FNOP+. The Bertz CT molecular complexity index is 506. The van der Waals surface area contributed by atoms with Gasteiger partial charge in [-0.2, -0.15) is 0 Å². The van der Waals surface area contributed by atoms with E-state index >= 15 is 0 Å².